The molecule has 212 valence electrons. The van der Waals surface area contributed by atoms with Gasteiger partial charge in [0.1, 0.15) is 11.6 Å². The van der Waals surface area contributed by atoms with Gasteiger partial charge in [-0.1, -0.05) is 23.7 Å². The maximum absolute atomic E-state index is 14.8. The van der Waals surface area contributed by atoms with Gasteiger partial charge in [0.15, 0.2) is 0 Å². The lowest BCUT2D eigenvalue weighted by Crippen LogP contribution is -2.44. The molecule has 9 heteroatoms. The molecule has 0 spiro atoms. The zero-order chi connectivity index (χ0) is 28.5. The molecule has 2 N–H and O–H groups in total. The smallest absolute Gasteiger partial charge is 0.314 e. The molecule has 0 radical (unpaired) electrons. The zero-order valence-electron chi connectivity index (χ0n) is 23.2. The minimum atomic E-state index is -0.616. The van der Waals surface area contributed by atoms with Gasteiger partial charge in [-0.15, -0.1) is 0 Å². The van der Waals surface area contributed by atoms with E-state index in [2.05, 4.69) is 31.7 Å². The van der Waals surface area contributed by atoms with Crippen LogP contribution in [0.15, 0.2) is 36.4 Å². The summed E-state index contributed by atoms with van der Waals surface area (Å²) in [5.41, 5.74) is 7.89. The number of amides is 3. The van der Waals surface area contributed by atoms with E-state index in [-0.39, 0.29) is 23.3 Å². The molecule has 3 amide bonds. The van der Waals surface area contributed by atoms with E-state index < -0.39 is 23.6 Å². The standard InChI is InChI=1S/C30H39ClF2N4O2/c1-30(2,3)37-17-25(24-8-6-22(32)16-27(24)33)26(18-37)28(38)36-13-10-19(11-14-36)23-7-5-21(31)15-20(23)9-12-35(4)29(34)39/h5-8,15-16,19,25-26H,9-14,17-18H2,1-4H3,(H2,34,39). The summed E-state index contributed by atoms with van der Waals surface area (Å²) in [4.78, 5) is 30.9. The Balaban J connectivity index is 1.48. The molecule has 2 aliphatic heterocycles. The largest absolute Gasteiger partial charge is 0.351 e. The van der Waals surface area contributed by atoms with Crippen LogP contribution in [0.5, 0.6) is 0 Å². The van der Waals surface area contributed by atoms with Crippen molar-refractivity contribution in [2.75, 3.05) is 39.8 Å². The summed E-state index contributed by atoms with van der Waals surface area (Å²) in [5.74, 6) is -1.64. The molecule has 4 rings (SSSR count). The maximum Gasteiger partial charge on any atom is 0.314 e. The SMILES string of the molecule is CN(CCc1cc(Cl)ccc1C1CCN(C(=O)C2CN(C(C)(C)C)CC2c2ccc(F)cc2F)CC1)C(N)=O. The summed E-state index contributed by atoms with van der Waals surface area (Å²) < 4.78 is 28.5. The topological polar surface area (TPSA) is 69.9 Å². The maximum atomic E-state index is 14.8. The molecule has 39 heavy (non-hydrogen) atoms. The van der Waals surface area contributed by atoms with Gasteiger partial charge in [-0.3, -0.25) is 9.69 Å². The molecule has 0 aliphatic carbocycles. The number of benzene rings is 2. The Hall–Kier alpha value is -2.71. The molecule has 2 heterocycles. The highest BCUT2D eigenvalue weighted by atomic mass is 35.5. The number of urea groups is 1. The number of piperidine rings is 1. The molecular weight excluding hydrogens is 522 g/mol. The minimum absolute atomic E-state index is 0.0355. The van der Waals surface area contributed by atoms with Crippen LogP contribution < -0.4 is 5.73 Å². The quantitative estimate of drug-likeness (QED) is 0.515. The predicted octanol–water partition coefficient (Wildman–Crippen LogP) is 5.39. The second-order valence-corrected chi connectivity index (χ2v) is 12.3. The predicted molar refractivity (Wildman–Crippen MR) is 150 cm³/mol. The fraction of sp³-hybridized carbons (Fsp3) is 0.533. The zero-order valence-corrected chi connectivity index (χ0v) is 24.0. The van der Waals surface area contributed by atoms with Crippen molar-refractivity contribution in [3.8, 4) is 0 Å². The fourth-order valence-corrected chi connectivity index (χ4v) is 6.15. The van der Waals surface area contributed by atoms with Crippen LogP contribution >= 0.6 is 11.6 Å². The average molecular weight is 561 g/mol. The summed E-state index contributed by atoms with van der Waals surface area (Å²) in [6.07, 6.45) is 2.25. The molecule has 2 atom stereocenters. The van der Waals surface area contributed by atoms with E-state index in [1.54, 1.807) is 7.05 Å². The van der Waals surface area contributed by atoms with E-state index in [0.29, 0.717) is 49.7 Å². The first kappa shape index (κ1) is 29.3. The van der Waals surface area contributed by atoms with E-state index in [4.69, 9.17) is 17.3 Å². The van der Waals surface area contributed by atoms with Gasteiger partial charge in [0, 0.05) is 62.3 Å². The Bertz CT molecular complexity index is 1210. The fourth-order valence-electron chi connectivity index (χ4n) is 5.95. The van der Waals surface area contributed by atoms with Crippen LogP contribution in [0.4, 0.5) is 13.6 Å². The monoisotopic (exact) mass is 560 g/mol. The summed E-state index contributed by atoms with van der Waals surface area (Å²) in [5, 5.41) is 0.645. The summed E-state index contributed by atoms with van der Waals surface area (Å²) >= 11 is 6.29. The average Bonchev–Trinajstić information content (AvgIpc) is 3.33. The first-order chi connectivity index (χ1) is 18.3. The number of halogens is 3. The second kappa shape index (κ2) is 11.8. The van der Waals surface area contributed by atoms with Crippen molar-refractivity contribution in [2.45, 2.75) is 57.4 Å². The van der Waals surface area contributed by atoms with E-state index in [1.807, 2.05) is 17.0 Å². The highest BCUT2D eigenvalue weighted by Crippen LogP contribution is 2.40. The summed E-state index contributed by atoms with van der Waals surface area (Å²) in [6, 6.07) is 9.09. The van der Waals surface area contributed by atoms with Crippen molar-refractivity contribution in [2.24, 2.45) is 11.7 Å². The van der Waals surface area contributed by atoms with Crippen molar-refractivity contribution in [1.82, 2.24) is 14.7 Å². The van der Waals surface area contributed by atoms with Crippen LogP contribution in [0, 0.1) is 17.6 Å². The van der Waals surface area contributed by atoms with Crippen LogP contribution in [-0.2, 0) is 11.2 Å². The number of rotatable bonds is 6. The van der Waals surface area contributed by atoms with Gasteiger partial charge in [0.2, 0.25) is 5.91 Å². The molecule has 2 unspecified atom stereocenters. The molecule has 6 nitrogen and oxygen atoms in total. The molecule has 2 aromatic carbocycles. The highest BCUT2D eigenvalue weighted by Gasteiger charge is 2.44. The Labute approximate surface area is 235 Å². The lowest BCUT2D eigenvalue weighted by Gasteiger charge is -2.36. The normalized spacial score (nSPS) is 20.8. The third-order valence-corrected chi connectivity index (χ3v) is 8.63. The van der Waals surface area contributed by atoms with Gasteiger partial charge < -0.3 is 15.5 Å². The number of carbonyl (C=O) groups excluding carboxylic acids is 2. The van der Waals surface area contributed by atoms with Crippen LogP contribution in [-0.4, -0.2) is 71.9 Å². The molecular formula is C30H39ClF2N4O2. The molecule has 0 saturated carbocycles. The van der Waals surface area contributed by atoms with Gasteiger partial charge in [-0.2, -0.15) is 0 Å². The number of likely N-dealkylation sites (tertiary alicyclic amines) is 2. The molecule has 0 aromatic heterocycles. The molecule has 2 aromatic rings. The Morgan fingerprint density at radius 1 is 1.05 bits per heavy atom. The Morgan fingerprint density at radius 3 is 2.33 bits per heavy atom. The third kappa shape index (κ3) is 6.72. The van der Waals surface area contributed by atoms with Crippen molar-refractivity contribution in [1.29, 1.82) is 0 Å². The number of primary amides is 1. The van der Waals surface area contributed by atoms with Gasteiger partial charge in [0.05, 0.1) is 5.92 Å². The molecule has 2 fully saturated rings. The van der Waals surface area contributed by atoms with Crippen molar-refractivity contribution < 1.29 is 18.4 Å². The lowest BCUT2D eigenvalue weighted by molar-refractivity contribution is -0.136. The van der Waals surface area contributed by atoms with Crippen molar-refractivity contribution in [3.63, 3.8) is 0 Å². The number of hydrogen-bond donors (Lipinski definition) is 1. The third-order valence-electron chi connectivity index (χ3n) is 8.39. The number of carbonyl (C=O) groups is 2. The van der Waals surface area contributed by atoms with E-state index in [1.165, 1.54) is 22.6 Å². The molecule has 2 aliphatic rings. The first-order valence-electron chi connectivity index (χ1n) is 13.6. The van der Waals surface area contributed by atoms with Gasteiger partial charge in [0.25, 0.3) is 0 Å². The van der Waals surface area contributed by atoms with E-state index in [0.717, 1.165) is 24.5 Å². The first-order valence-corrected chi connectivity index (χ1v) is 14.0. The lowest BCUT2D eigenvalue weighted by atomic mass is 9.84. The van der Waals surface area contributed by atoms with Gasteiger partial charge in [-0.25, -0.2) is 13.6 Å². The van der Waals surface area contributed by atoms with Gasteiger partial charge >= 0.3 is 6.03 Å². The van der Waals surface area contributed by atoms with Crippen molar-refractivity contribution in [3.05, 3.63) is 69.7 Å². The number of nitrogens with zero attached hydrogens (tertiary/aromatic N) is 3. The van der Waals surface area contributed by atoms with E-state index in [9.17, 15) is 18.4 Å². The van der Waals surface area contributed by atoms with Gasteiger partial charge in [-0.05, 0) is 80.8 Å². The van der Waals surface area contributed by atoms with Crippen LogP contribution in [0.25, 0.3) is 0 Å². The number of nitrogens with two attached hydrogens (primary N) is 1. The number of hydrogen-bond acceptors (Lipinski definition) is 3. The highest BCUT2D eigenvalue weighted by molar-refractivity contribution is 6.30. The second-order valence-electron chi connectivity index (χ2n) is 11.9. The summed E-state index contributed by atoms with van der Waals surface area (Å²) in [6.45, 7) is 9.07. The Morgan fingerprint density at radius 2 is 1.72 bits per heavy atom. The molecule has 2 saturated heterocycles. The number of likely N-dealkylation sites (N-methyl/N-ethyl adjacent to an activating group) is 1. The Kier molecular flexibility index (Phi) is 8.86. The van der Waals surface area contributed by atoms with Crippen LogP contribution in [0.1, 0.15) is 62.1 Å². The minimum Gasteiger partial charge on any atom is -0.351 e. The molecule has 0 bridgehead atoms. The van der Waals surface area contributed by atoms with E-state index >= 15 is 0 Å². The van der Waals surface area contributed by atoms with Crippen molar-refractivity contribution >= 4 is 23.5 Å². The summed E-state index contributed by atoms with van der Waals surface area (Å²) in [7, 11) is 1.67. The van der Waals surface area contributed by atoms with Crippen LogP contribution in [0.3, 0.4) is 0 Å². The van der Waals surface area contributed by atoms with Crippen LogP contribution in [0.2, 0.25) is 5.02 Å².